The molecule has 1 amide bonds. The number of nitrogens with zero attached hydrogens (tertiary/aromatic N) is 3. The second-order valence-electron chi connectivity index (χ2n) is 7.56. The number of para-hydroxylation sites is 2. The highest BCUT2D eigenvalue weighted by Crippen LogP contribution is 2.23. The smallest absolute Gasteiger partial charge is 0.387 e. The lowest BCUT2D eigenvalue weighted by Gasteiger charge is -2.18. The van der Waals surface area contributed by atoms with Gasteiger partial charge in [0, 0.05) is 13.6 Å². The molecule has 0 spiro atoms. The summed E-state index contributed by atoms with van der Waals surface area (Å²) in [5, 5.41) is 0.525. The van der Waals surface area contributed by atoms with Gasteiger partial charge in [0.05, 0.1) is 22.3 Å². The number of carbonyl (C=O) groups excluding carboxylic acids is 1. The fourth-order valence-electron chi connectivity index (χ4n) is 3.43. The molecule has 35 heavy (non-hydrogen) atoms. The van der Waals surface area contributed by atoms with Crippen LogP contribution in [0.4, 0.5) is 13.2 Å². The third kappa shape index (κ3) is 5.65. The van der Waals surface area contributed by atoms with E-state index in [0.29, 0.717) is 10.9 Å². The minimum atomic E-state index is -2.91. The van der Waals surface area contributed by atoms with Crippen LogP contribution in [0, 0.1) is 5.82 Å². The molecule has 180 valence electrons. The first-order chi connectivity index (χ1) is 16.8. The van der Waals surface area contributed by atoms with E-state index >= 15 is 0 Å². The van der Waals surface area contributed by atoms with Gasteiger partial charge in [-0.1, -0.05) is 48.2 Å². The van der Waals surface area contributed by atoms with E-state index in [0.717, 1.165) is 17.3 Å². The van der Waals surface area contributed by atoms with Crippen molar-refractivity contribution in [2.24, 2.45) is 0 Å². The zero-order valence-corrected chi connectivity index (χ0v) is 19.3. The van der Waals surface area contributed by atoms with E-state index in [-0.39, 0.29) is 34.8 Å². The molecule has 0 saturated carbocycles. The largest absolute Gasteiger partial charge is 0.435 e. The van der Waals surface area contributed by atoms with E-state index in [1.807, 2.05) is 0 Å². The zero-order valence-electron chi connectivity index (χ0n) is 18.5. The van der Waals surface area contributed by atoms with Gasteiger partial charge in [-0.15, -0.1) is 0 Å². The molecular formula is C25H20F3N3O3S. The molecule has 0 radical (unpaired) electrons. The second kappa shape index (κ2) is 10.6. The number of alkyl halides is 2. The summed E-state index contributed by atoms with van der Waals surface area (Å²) >= 11 is 1.03. The highest BCUT2D eigenvalue weighted by Gasteiger charge is 2.18. The minimum absolute atomic E-state index is 0.0294. The van der Waals surface area contributed by atoms with Crippen LogP contribution in [-0.4, -0.2) is 39.8 Å². The van der Waals surface area contributed by atoms with Crippen LogP contribution in [0.15, 0.2) is 82.7 Å². The average molecular weight is 500 g/mol. The third-order valence-electron chi connectivity index (χ3n) is 5.16. The van der Waals surface area contributed by atoms with Gasteiger partial charge in [0.2, 0.25) is 5.91 Å². The normalized spacial score (nSPS) is 11.1. The van der Waals surface area contributed by atoms with Gasteiger partial charge in [0.1, 0.15) is 11.6 Å². The van der Waals surface area contributed by atoms with Gasteiger partial charge in [-0.25, -0.2) is 9.37 Å². The zero-order chi connectivity index (χ0) is 24.9. The van der Waals surface area contributed by atoms with Crippen molar-refractivity contribution in [2.75, 3.05) is 12.8 Å². The summed E-state index contributed by atoms with van der Waals surface area (Å²) < 4.78 is 44.7. The molecule has 1 aromatic heterocycles. The lowest BCUT2D eigenvalue weighted by atomic mass is 10.2. The number of hydrogen-bond acceptors (Lipinski definition) is 5. The number of rotatable bonds is 8. The van der Waals surface area contributed by atoms with Crippen LogP contribution >= 0.6 is 11.8 Å². The molecule has 0 aliphatic carbocycles. The van der Waals surface area contributed by atoms with Crippen molar-refractivity contribution in [3.63, 3.8) is 0 Å². The first-order valence-corrected chi connectivity index (χ1v) is 11.5. The molecule has 0 unspecified atom stereocenters. The molecule has 0 fully saturated rings. The molecule has 0 N–H and O–H groups in total. The molecule has 3 aromatic carbocycles. The van der Waals surface area contributed by atoms with Crippen LogP contribution in [0.1, 0.15) is 5.56 Å². The molecule has 4 aromatic rings. The summed E-state index contributed by atoms with van der Waals surface area (Å²) in [6, 6.07) is 18.6. The number of carbonyl (C=O) groups is 1. The van der Waals surface area contributed by atoms with Crippen molar-refractivity contribution in [1.29, 1.82) is 0 Å². The Morgan fingerprint density at radius 2 is 1.74 bits per heavy atom. The highest BCUT2D eigenvalue weighted by atomic mass is 32.2. The summed E-state index contributed by atoms with van der Waals surface area (Å²) in [5.41, 5.74) is 0.777. The predicted molar refractivity (Wildman–Crippen MR) is 128 cm³/mol. The Labute approximate surface area is 203 Å². The van der Waals surface area contributed by atoms with Gasteiger partial charge in [-0.2, -0.15) is 8.78 Å². The highest BCUT2D eigenvalue weighted by molar-refractivity contribution is 7.99. The van der Waals surface area contributed by atoms with Crippen LogP contribution in [0.25, 0.3) is 16.6 Å². The topological polar surface area (TPSA) is 64.4 Å². The number of halogens is 3. The van der Waals surface area contributed by atoms with E-state index in [1.54, 1.807) is 49.5 Å². The van der Waals surface area contributed by atoms with Crippen LogP contribution in [-0.2, 0) is 11.3 Å². The van der Waals surface area contributed by atoms with Crippen LogP contribution < -0.4 is 10.3 Å². The minimum Gasteiger partial charge on any atom is -0.435 e. The summed E-state index contributed by atoms with van der Waals surface area (Å²) in [7, 11) is 1.60. The van der Waals surface area contributed by atoms with Gasteiger partial charge >= 0.3 is 6.61 Å². The summed E-state index contributed by atoms with van der Waals surface area (Å²) in [6.07, 6.45) is 0. The molecule has 0 atom stereocenters. The van der Waals surface area contributed by atoms with Crippen LogP contribution in [0.2, 0.25) is 0 Å². The van der Waals surface area contributed by atoms with E-state index in [2.05, 4.69) is 9.72 Å². The Morgan fingerprint density at radius 1 is 1.06 bits per heavy atom. The van der Waals surface area contributed by atoms with Crippen molar-refractivity contribution in [2.45, 2.75) is 18.3 Å². The van der Waals surface area contributed by atoms with Gasteiger partial charge in [0.25, 0.3) is 5.56 Å². The molecule has 0 aliphatic rings. The maximum absolute atomic E-state index is 14.6. The standard InChI is InChI=1S/C25H20F3N3O3S/c1-30(14-16-10-12-17(13-11-16)34-24(27)28)22(32)15-35-25-29-20-8-4-2-6-18(20)23(33)31(25)21-9-5-3-7-19(21)26/h2-13,24H,14-15H2,1H3. The molecular weight excluding hydrogens is 479 g/mol. The van der Waals surface area contributed by atoms with E-state index in [4.69, 9.17) is 0 Å². The maximum atomic E-state index is 14.6. The Kier molecular flexibility index (Phi) is 7.40. The molecule has 10 heteroatoms. The van der Waals surface area contributed by atoms with Crippen molar-refractivity contribution in [3.8, 4) is 11.4 Å². The molecule has 0 aliphatic heterocycles. The SMILES string of the molecule is CN(Cc1ccc(OC(F)F)cc1)C(=O)CSc1nc2ccccc2c(=O)n1-c1ccccc1F. The van der Waals surface area contributed by atoms with Gasteiger partial charge in [-0.3, -0.25) is 14.2 Å². The molecule has 6 nitrogen and oxygen atoms in total. The quantitative estimate of drug-likeness (QED) is 0.256. The monoisotopic (exact) mass is 499 g/mol. The molecule has 4 rings (SSSR count). The van der Waals surface area contributed by atoms with Gasteiger partial charge in [0.15, 0.2) is 5.16 Å². The first-order valence-electron chi connectivity index (χ1n) is 10.5. The summed E-state index contributed by atoms with van der Waals surface area (Å²) in [4.78, 5) is 32.0. The number of fused-ring (bicyclic) bond motifs is 1. The van der Waals surface area contributed by atoms with E-state index in [1.165, 1.54) is 39.8 Å². The van der Waals surface area contributed by atoms with E-state index < -0.39 is 18.0 Å². The van der Waals surface area contributed by atoms with Gasteiger partial charge < -0.3 is 9.64 Å². The molecule has 0 saturated heterocycles. The maximum Gasteiger partial charge on any atom is 0.387 e. The summed E-state index contributed by atoms with van der Waals surface area (Å²) in [6.45, 7) is -2.67. The summed E-state index contributed by atoms with van der Waals surface area (Å²) in [5.74, 6) is -0.870. The number of benzene rings is 3. The Hall–Kier alpha value is -3.79. The van der Waals surface area contributed by atoms with Crippen LogP contribution in [0.3, 0.4) is 0 Å². The van der Waals surface area contributed by atoms with Gasteiger partial charge in [-0.05, 0) is 42.0 Å². The van der Waals surface area contributed by atoms with E-state index in [9.17, 15) is 22.8 Å². The van der Waals surface area contributed by atoms with Crippen molar-refractivity contribution in [3.05, 3.63) is 94.5 Å². The number of hydrogen-bond donors (Lipinski definition) is 0. The predicted octanol–water partition coefficient (Wildman–Crippen LogP) is 4.88. The lowest BCUT2D eigenvalue weighted by molar-refractivity contribution is -0.127. The third-order valence-corrected chi connectivity index (χ3v) is 6.08. The number of aromatic nitrogens is 2. The Bertz CT molecular complexity index is 1410. The van der Waals surface area contributed by atoms with Crippen molar-refractivity contribution < 1.29 is 22.7 Å². The Balaban J connectivity index is 1.54. The molecule has 0 bridgehead atoms. The van der Waals surface area contributed by atoms with Crippen molar-refractivity contribution in [1.82, 2.24) is 14.5 Å². The number of thioether (sulfide) groups is 1. The van der Waals surface area contributed by atoms with Crippen molar-refractivity contribution >= 4 is 28.6 Å². The number of ether oxygens (including phenoxy) is 1. The first kappa shape index (κ1) is 24.3. The fraction of sp³-hybridized carbons (Fsp3) is 0.160. The van der Waals surface area contributed by atoms with Crippen LogP contribution in [0.5, 0.6) is 5.75 Å². The average Bonchev–Trinajstić information content (AvgIpc) is 2.84. The second-order valence-corrected chi connectivity index (χ2v) is 8.51. The fourth-order valence-corrected chi connectivity index (χ4v) is 4.38. The lowest BCUT2D eigenvalue weighted by Crippen LogP contribution is -2.28. The number of amides is 1. The Morgan fingerprint density at radius 3 is 2.46 bits per heavy atom. The molecule has 1 heterocycles.